The minimum absolute atomic E-state index is 0.0552. The maximum atomic E-state index is 12.7. The Balaban J connectivity index is 2.21. The zero-order valence-electron chi connectivity index (χ0n) is 16.1. The van der Waals surface area contributed by atoms with Crippen LogP contribution in [0.3, 0.4) is 0 Å². The molecular formula is C20H27N3O3S. The lowest BCUT2D eigenvalue weighted by Gasteiger charge is -2.25. The molecule has 27 heavy (non-hydrogen) atoms. The lowest BCUT2D eigenvalue weighted by Crippen LogP contribution is -2.48. The number of carbonyl (C=O) groups is 1. The summed E-state index contributed by atoms with van der Waals surface area (Å²) in [6, 6.07) is 15.6. The van der Waals surface area contributed by atoms with E-state index in [4.69, 9.17) is 5.73 Å². The number of sulfonamides is 1. The summed E-state index contributed by atoms with van der Waals surface area (Å²) >= 11 is 0. The Morgan fingerprint density at radius 1 is 0.963 bits per heavy atom. The Bertz CT molecular complexity index is 902. The van der Waals surface area contributed by atoms with Crippen molar-refractivity contribution in [3.63, 3.8) is 0 Å². The van der Waals surface area contributed by atoms with E-state index in [1.54, 1.807) is 58.0 Å². The predicted octanol–water partition coefficient (Wildman–Crippen LogP) is 2.25. The van der Waals surface area contributed by atoms with E-state index in [0.29, 0.717) is 11.1 Å². The molecule has 1 atom stereocenters. The fourth-order valence-electron chi connectivity index (χ4n) is 2.64. The fourth-order valence-corrected chi connectivity index (χ4v) is 4.30. The molecule has 0 bridgehead atoms. The third-order valence-corrected chi connectivity index (χ3v) is 5.85. The minimum Gasteiger partial charge on any atom is -0.350 e. The first-order chi connectivity index (χ1) is 12.4. The first kappa shape index (κ1) is 21.1. The largest absolute Gasteiger partial charge is 0.350 e. The molecule has 6 nitrogen and oxygen atoms in total. The van der Waals surface area contributed by atoms with Crippen LogP contribution in [-0.2, 0) is 26.9 Å². The summed E-state index contributed by atoms with van der Waals surface area (Å²) in [4.78, 5) is 12.8. The van der Waals surface area contributed by atoms with Gasteiger partial charge in [-0.25, -0.2) is 13.1 Å². The second kappa shape index (κ2) is 7.80. The molecule has 0 saturated heterocycles. The highest BCUT2D eigenvalue weighted by Gasteiger charge is 2.30. The number of hydrogen-bond acceptors (Lipinski definition) is 4. The van der Waals surface area contributed by atoms with Gasteiger partial charge in [0.25, 0.3) is 0 Å². The maximum Gasteiger partial charge on any atom is 0.244 e. The summed E-state index contributed by atoms with van der Waals surface area (Å²) in [5, 5.41) is 2.76. The van der Waals surface area contributed by atoms with Crippen molar-refractivity contribution in [2.75, 3.05) is 0 Å². The molecule has 0 aliphatic rings. The van der Waals surface area contributed by atoms with Crippen molar-refractivity contribution in [3.8, 4) is 0 Å². The molecule has 1 unspecified atom stereocenters. The quantitative estimate of drug-likeness (QED) is 0.705. The second-order valence-electron chi connectivity index (χ2n) is 7.71. The predicted molar refractivity (Wildman–Crippen MR) is 106 cm³/mol. The third-order valence-electron chi connectivity index (χ3n) is 3.99. The smallest absolute Gasteiger partial charge is 0.244 e. The van der Waals surface area contributed by atoms with Crippen LogP contribution in [0.5, 0.6) is 0 Å². The van der Waals surface area contributed by atoms with E-state index in [1.165, 1.54) is 6.07 Å². The molecule has 2 aromatic carbocycles. The molecule has 1 amide bonds. The first-order valence-corrected chi connectivity index (χ1v) is 10.2. The molecule has 0 saturated carbocycles. The Kier molecular flexibility index (Phi) is 6.09. The summed E-state index contributed by atoms with van der Waals surface area (Å²) in [6.07, 6.45) is 0. The van der Waals surface area contributed by atoms with Crippen molar-refractivity contribution in [3.05, 3.63) is 65.7 Å². The number of rotatable bonds is 6. The van der Waals surface area contributed by atoms with Crippen LogP contribution in [0.1, 0.15) is 38.8 Å². The van der Waals surface area contributed by atoms with E-state index in [-0.39, 0.29) is 17.3 Å². The van der Waals surface area contributed by atoms with Crippen LogP contribution in [0.2, 0.25) is 0 Å². The average Bonchev–Trinajstić information content (AvgIpc) is 2.58. The van der Waals surface area contributed by atoms with Gasteiger partial charge in [0, 0.05) is 12.1 Å². The van der Waals surface area contributed by atoms with Gasteiger partial charge in [0.2, 0.25) is 15.9 Å². The Morgan fingerprint density at radius 3 is 2.11 bits per heavy atom. The van der Waals surface area contributed by atoms with Crippen molar-refractivity contribution in [2.45, 2.75) is 50.2 Å². The molecule has 146 valence electrons. The monoisotopic (exact) mass is 389 g/mol. The van der Waals surface area contributed by atoms with E-state index in [9.17, 15) is 13.2 Å². The number of benzene rings is 2. The minimum atomic E-state index is -3.72. The lowest BCUT2D eigenvalue weighted by atomic mass is 9.92. The van der Waals surface area contributed by atoms with Gasteiger partial charge in [-0.1, -0.05) is 48.5 Å². The van der Waals surface area contributed by atoms with Crippen molar-refractivity contribution < 1.29 is 13.2 Å². The summed E-state index contributed by atoms with van der Waals surface area (Å²) in [5.74, 6) is -0.385. The van der Waals surface area contributed by atoms with Gasteiger partial charge >= 0.3 is 0 Å². The van der Waals surface area contributed by atoms with Gasteiger partial charge in [-0.3, -0.25) is 4.79 Å². The van der Waals surface area contributed by atoms with Gasteiger partial charge in [-0.05, 0) is 44.9 Å². The van der Waals surface area contributed by atoms with Crippen molar-refractivity contribution in [2.24, 2.45) is 5.73 Å². The van der Waals surface area contributed by atoms with E-state index >= 15 is 0 Å². The molecule has 2 aromatic rings. The zero-order valence-corrected chi connectivity index (χ0v) is 16.9. The fraction of sp³-hybridized carbons (Fsp3) is 0.350. The highest BCUT2D eigenvalue weighted by Crippen LogP contribution is 2.20. The van der Waals surface area contributed by atoms with Crippen molar-refractivity contribution >= 4 is 15.9 Å². The second-order valence-corrected chi connectivity index (χ2v) is 9.37. The van der Waals surface area contributed by atoms with Crippen LogP contribution >= 0.6 is 0 Å². The van der Waals surface area contributed by atoms with Crippen LogP contribution in [0.15, 0.2) is 59.5 Å². The van der Waals surface area contributed by atoms with Gasteiger partial charge in [0.05, 0.1) is 4.90 Å². The van der Waals surface area contributed by atoms with Gasteiger partial charge < -0.3 is 11.1 Å². The maximum absolute atomic E-state index is 12.7. The molecule has 0 spiro atoms. The van der Waals surface area contributed by atoms with E-state index in [2.05, 4.69) is 10.0 Å². The highest BCUT2D eigenvalue weighted by molar-refractivity contribution is 7.89. The topological polar surface area (TPSA) is 101 Å². The molecular weight excluding hydrogens is 362 g/mol. The number of nitrogens with one attached hydrogen (secondary N) is 2. The van der Waals surface area contributed by atoms with E-state index in [1.807, 2.05) is 18.2 Å². The molecule has 0 aromatic heterocycles. The summed E-state index contributed by atoms with van der Waals surface area (Å²) in [7, 11) is -3.72. The molecule has 0 fully saturated rings. The normalized spacial score (nSPS) is 14.4. The number of hydrogen-bond donors (Lipinski definition) is 3. The molecule has 7 heteroatoms. The summed E-state index contributed by atoms with van der Waals surface area (Å²) in [5.41, 5.74) is 5.54. The van der Waals surface area contributed by atoms with Gasteiger partial charge in [0.1, 0.15) is 5.54 Å². The van der Waals surface area contributed by atoms with Gasteiger partial charge in [0.15, 0.2) is 0 Å². The van der Waals surface area contributed by atoms with Gasteiger partial charge in [-0.2, -0.15) is 0 Å². The number of carbonyl (C=O) groups excluding carboxylic acids is 1. The Morgan fingerprint density at radius 2 is 1.52 bits per heavy atom. The van der Waals surface area contributed by atoms with Crippen LogP contribution in [0.25, 0.3) is 0 Å². The number of amides is 1. The average molecular weight is 390 g/mol. The van der Waals surface area contributed by atoms with Crippen molar-refractivity contribution in [1.82, 2.24) is 10.0 Å². The van der Waals surface area contributed by atoms with Crippen LogP contribution < -0.4 is 15.8 Å². The van der Waals surface area contributed by atoms with Crippen LogP contribution in [0.4, 0.5) is 0 Å². The molecule has 0 aliphatic carbocycles. The summed E-state index contributed by atoms with van der Waals surface area (Å²) in [6.45, 7) is 7.00. The van der Waals surface area contributed by atoms with Crippen LogP contribution in [-0.4, -0.2) is 19.9 Å². The molecule has 0 radical (unpaired) electrons. The first-order valence-electron chi connectivity index (χ1n) is 8.68. The highest BCUT2D eigenvalue weighted by atomic mass is 32.2. The van der Waals surface area contributed by atoms with E-state index < -0.39 is 21.1 Å². The number of nitrogens with two attached hydrogens (primary N) is 1. The third kappa shape index (κ3) is 5.38. The van der Waals surface area contributed by atoms with Crippen molar-refractivity contribution in [1.29, 1.82) is 0 Å². The van der Waals surface area contributed by atoms with E-state index in [0.717, 1.165) is 0 Å². The Hall–Kier alpha value is -2.22. The Labute approximate surface area is 161 Å². The SMILES string of the molecule is CC(C)(C)NS(=O)(=O)c1ccccc1CNC(=O)C(C)(N)c1ccccc1. The van der Waals surface area contributed by atoms with Crippen LogP contribution in [0, 0.1) is 0 Å². The molecule has 0 heterocycles. The standard InChI is InChI=1S/C20H27N3O3S/c1-19(2,3)23-27(25,26)17-13-9-8-10-15(17)14-22-18(24)20(4,21)16-11-6-5-7-12-16/h5-13,23H,14,21H2,1-4H3,(H,22,24). The zero-order chi connectivity index (χ0) is 20.3. The van der Waals surface area contributed by atoms with Gasteiger partial charge in [-0.15, -0.1) is 0 Å². The molecule has 0 aliphatic heterocycles. The summed E-state index contributed by atoms with van der Waals surface area (Å²) < 4.78 is 28.0. The lowest BCUT2D eigenvalue weighted by molar-refractivity contribution is -0.126. The molecule has 2 rings (SSSR count). The molecule has 4 N–H and O–H groups in total.